The van der Waals surface area contributed by atoms with Gasteiger partial charge in [-0.15, -0.1) is 35.3 Å². The zero-order valence-corrected chi connectivity index (χ0v) is 21.7. The Hall–Kier alpha value is -1.32. The molecule has 3 rings (SSSR count). The molecule has 0 radical (unpaired) electrons. The summed E-state index contributed by atoms with van der Waals surface area (Å²) in [4.78, 5) is 10.5. The van der Waals surface area contributed by atoms with E-state index in [0.717, 1.165) is 25.5 Å². The predicted octanol–water partition coefficient (Wildman–Crippen LogP) is 4.22. The van der Waals surface area contributed by atoms with Gasteiger partial charge in [-0.3, -0.25) is 9.89 Å². The Morgan fingerprint density at radius 3 is 2.60 bits per heavy atom. The molecule has 2 N–H and O–H groups in total. The molecule has 0 aliphatic carbocycles. The Balaban J connectivity index is 0.00000320. The highest BCUT2D eigenvalue weighted by atomic mass is 127. The van der Waals surface area contributed by atoms with Gasteiger partial charge in [-0.2, -0.15) is 0 Å². The van der Waals surface area contributed by atoms with Gasteiger partial charge < -0.3 is 15.5 Å². The van der Waals surface area contributed by atoms with Gasteiger partial charge >= 0.3 is 0 Å². The predicted molar refractivity (Wildman–Crippen MR) is 142 cm³/mol. The summed E-state index contributed by atoms with van der Waals surface area (Å²) in [5.41, 5.74) is 2.57. The monoisotopic (exact) mass is 541 g/mol. The Bertz CT molecular complexity index is 760. The zero-order chi connectivity index (χ0) is 20.6. The van der Waals surface area contributed by atoms with Crippen LogP contribution < -0.4 is 15.5 Å². The van der Waals surface area contributed by atoms with Crippen molar-refractivity contribution in [2.45, 2.75) is 25.3 Å². The standard InChI is InChI=1S/C23H35N5S.HI/c1-24-23(25-14-13-18-9-11-20(12-10-18)27(2)3)26-17-19-7-5-15-28(4)22(19)21-8-6-16-29-21;/h6,8-12,16,19,22H,5,7,13-15,17H2,1-4H3,(H2,24,25,26);1H. The molecule has 2 heterocycles. The van der Waals surface area contributed by atoms with E-state index in [2.05, 4.69) is 88.3 Å². The number of hydrogen-bond acceptors (Lipinski definition) is 4. The average molecular weight is 542 g/mol. The molecule has 0 amide bonds. The van der Waals surface area contributed by atoms with Crippen molar-refractivity contribution in [2.75, 3.05) is 52.7 Å². The maximum Gasteiger partial charge on any atom is 0.190 e. The third-order valence-electron chi connectivity index (χ3n) is 5.76. The van der Waals surface area contributed by atoms with Gasteiger partial charge in [0.25, 0.3) is 0 Å². The number of rotatable bonds is 7. The van der Waals surface area contributed by atoms with Crippen molar-refractivity contribution in [1.29, 1.82) is 0 Å². The summed E-state index contributed by atoms with van der Waals surface area (Å²) in [6, 6.07) is 13.7. The average Bonchev–Trinajstić information content (AvgIpc) is 3.25. The number of thiophene rings is 1. The molecule has 0 bridgehead atoms. The SMILES string of the molecule is CN=C(NCCc1ccc(N(C)C)cc1)NCC1CCCN(C)C1c1cccs1.I. The first-order chi connectivity index (χ1) is 14.1. The molecule has 5 nitrogen and oxygen atoms in total. The molecule has 0 spiro atoms. The second-order valence-electron chi connectivity index (χ2n) is 8.03. The Morgan fingerprint density at radius 2 is 1.97 bits per heavy atom. The summed E-state index contributed by atoms with van der Waals surface area (Å²) >= 11 is 1.87. The van der Waals surface area contributed by atoms with E-state index in [1.54, 1.807) is 0 Å². The molecule has 0 saturated carbocycles. The van der Waals surface area contributed by atoms with Crippen LogP contribution in [0.5, 0.6) is 0 Å². The molecule has 30 heavy (non-hydrogen) atoms. The molecular weight excluding hydrogens is 505 g/mol. The van der Waals surface area contributed by atoms with Gasteiger partial charge in [0.2, 0.25) is 0 Å². The first-order valence-electron chi connectivity index (χ1n) is 10.5. The molecular formula is C23H36IN5S. The van der Waals surface area contributed by atoms with Gasteiger partial charge in [-0.1, -0.05) is 18.2 Å². The van der Waals surface area contributed by atoms with Crippen LogP contribution in [0.25, 0.3) is 0 Å². The van der Waals surface area contributed by atoms with Gasteiger partial charge in [0, 0.05) is 50.8 Å². The van der Waals surface area contributed by atoms with Crippen LogP contribution in [0, 0.1) is 5.92 Å². The Labute approximate surface area is 203 Å². The number of anilines is 1. The normalized spacial score (nSPS) is 19.8. The molecule has 1 aliphatic rings. The number of piperidine rings is 1. The van der Waals surface area contributed by atoms with E-state index in [-0.39, 0.29) is 24.0 Å². The molecule has 2 unspecified atom stereocenters. The first-order valence-corrected chi connectivity index (χ1v) is 11.4. The summed E-state index contributed by atoms with van der Waals surface area (Å²) in [5, 5.41) is 9.23. The molecule has 1 aromatic heterocycles. The van der Waals surface area contributed by atoms with Crippen LogP contribution in [-0.4, -0.2) is 58.7 Å². The Morgan fingerprint density at radius 1 is 1.20 bits per heavy atom. The van der Waals surface area contributed by atoms with Crippen LogP contribution >= 0.6 is 35.3 Å². The molecule has 1 aliphatic heterocycles. The van der Waals surface area contributed by atoms with E-state index >= 15 is 0 Å². The molecule has 1 aromatic carbocycles. The number of nitrogens with one attached hydrogen (secondary N) is 2. The van der Waals surface area contributed by atoms with E-state index in [1.807, 2.05) is 18.4 Å². The van der Waals surface area contributed by atoms with Crippen molar-refractivity contribution in [1.82, 2.24) is 15.5 Å². The largest absolute Gasteiger partial charge is 0.378 e. The van der Waals surface area contributed by atoms with Crippen molar-refractivity contribution in [3.63, 3.8) is 0 Å². The topological polar surface area (TPSA) is 42.9 Å². The fourth-order valence-electron chi connectivity index (χ4n) is 4.12. The maximum atomic E-state index is 4.42. The van der Waals surface area contributed by atoms with Crippen LogP contribution in [0.3, 0.4) is 0 Å². The van der Waals surface area contributed by atoms with Crippen LogP contribution in [0.2, 0.25) is 0 Å². The van der Waals surface area contributed by atoms with Gasteiger partial charge in [0.1, 0.15) is 0 Å². The summed E-state index contributed by atoms with van der Waals surface area (Å²) in [6.45, 7) is 3.00. The summed E-state index contributed by atoms with van der Waals surface area (Å²) in [5.74, 6) is 1.50. The van der Waals surface area contributed by atoms with E-state index in [1.165, 1.54) is 35.5 Å². The van der Waals surface area contributed by atoms with Gasteiger partial charge in [0.05, 0.1) is 0 Å². The van der Waals surface area contributed by atoms with Crippen molar-refractivity contribution < 1.29 is 0 Å². The zero-order valence-electron chi connectivity index (χ0n) is 18.6. The van der Waals surface area contributed by atoms with E-state index in [4.69, 9.17) is 0 Å². The van der Waals surface area contributed by atoms with Gasteiger partial charge in [-0.05, 0) is 67.9 Å². The lowest BCUT2D eigenvalue weighted by Crippen LogP contribution is -2.45. The lowest BCUT2D eigenvalue weighted by molar-refractivity contribution is 0.125. The third-order valence-corrected chi connectivity index (χ3v) is 6.70. The molecule has 166 valence electrons. The lowest BCUT2D eigenvalue weighted by atomic mass is 9.88. The van der Waals surface area contributed by atoms with Gasteiger partial charge in [-0.25, -0.2) is 0 Å². The highest BCUT2D eigenvalue weighted by Crippen LogP contribution is 2.36. The minimum absolute atomic E-state index is 0. The van der Waals surface area contributed by atoms with Gasteiger partial charge in [0.15, 0.2) is 5.96 Å². The molecule has 7 heteroatoms. The number of likely N-dealkylation sites (tertiary alicyclic amines) is 1. The molecule has 1 fully saturated rings. The number of nitrogens with zero attached hydrogens (tertiary/aromatic N) is 3. The minimum Gasteiger partial charge on any atom is -0.378 e. The van der Waals surface area contributed by atoms with Crippen LogP contribution in [0.4, 0.5) is 5.69 Å². The smallest absolute Gasteiger partial charge is 0.190 e. The van der Waals surface area contributed by atoms with E-state index < -0.39 is 0 Å². The summed E-state index contributed by atoms with van der Waals surface area (Å²) < 4.78 is 0. The van der Waals surface area contributed by atoms with Crippen LogP contribution in [-0.2, 0) is 6.42 Å². The minimum atomic E-state index is 0. The van der Waals surface area contributed by atoms with Crippen LogP contribution in [0.15, 0.2) is 46.8 Å². The Kier molecular flexibility index (Phi) is 10.4. The number of hydrogen-bond donors (Lipinski definition) is 2. The third kappa shape index (κ3) is 6.85. The van der Waals surface area contributed by atoms with Crippen molar-refractivity contribution >= 4 is 47.0 Å². The fraction of sp³-hybridized carbons (Fsp3) is 0.522. The van der Waals surface area contributed by atoms with E-state index in [9.17, 15) is 0 Å². The van der Waals surface area contributed by atoms with Crippen LogP contribution in [0.1, 0.15) is 29.3 Å². The van der Waals surface area contributed by atoms with Crippen molar-refractivity contribution in [3.05, 3.63) is 52.2 Å². The van der Waals surface area contributed by atoms with Crippen molar-refractivity contribution in [2.24, 2.45) is 10.9 Å². The number of halogens is 1. The second-order valence-corrected chi connectivity index (χ2v) is 9.01. The molecule has 2 aromatic rings. The highest BCUT2D eigenvalue weighted by Gasteiger charge is 2.31. The van der Waals surface area contributed by atoms with Crippen molar-refractivity contribution in [3.8, 4) is 0 Å². The quantitative estimate of drug-likeness (QED) is 0.313. The maximum absolute atomic E-state index is 4.42. The number of benzene rings is 1. The summed E-state index contributed by atoms with van der Waals surface area (Å²) in [6.07, 6.45) is 3.51. The first kappa shape index (κ1) is 24.9. The number of guanidine groups is 1. The number of aliphatic imine (C=N–C) groups is 1. The lowest BCUT2D eigenvalue weighted by Gasteiger charge is -2.39. The van der Waals surface area contributed by atoms with E-state index in [0.29, 0.717) is 12.0 Å². The second kappa shape index (κ2) is 12.5. The molecule has 2 atom stereocenters. The fourth-order valence-corrected chi connectivity index (χ4v) is 5.10. The highest BCUT2D eigenvalue weighted by molar-refractivity contribution is 14.0. The summed E-state index contributed by atoms with van der Waals surface area (Å²) in [7, 11) is 8.24. The molecule has 1 saturated heterocycles.